The van der Waals surface area contributed by atoms with Crippen LogP contribution in [0.25, 0.3) is 6.08 Å². The first-order valence-corrected chi connectivity index (χ1v) is 7.99. The molecule has 0 radical (unpaired) electrons. The normalized spacial score (nSPS) is 12.3. The van der Waals surface area contributed by atoms with Crippen molar-refractivity contribution in [2.75, 3.05) is 27.7 Å². The molecular weight excluding hydrogens is 318 g/mol. The van der Waals surface area contributed by atoms with Crippen LogP contribution in [0.3, 0.4) is 0 Å². The summed E-state index contributed by atoms with van der Waals surface area (Å²) in [6.07, 6.45) is 4.81. The molecule has 6 nitrogen and oxygen atoms in total. The first-order chi connectivity index (χ1) is 12.0. The average Bonchev–Trinajstić information content (AvgIpc) is 3.14. The maximum absolute atomic E-state index is 12.0. The summed E-state index contributed by atoms with van der Waals surface area (Å²) in [6, 6.07) is 10.7. The van der Waals surface area contributed by atoms with E-state index in [0.717, 1.165) is 11.3 Å². The van der Waals surface area contributed by atoms with Crippen LogP contribution in [-0.4, -0.2) is 44.4 Å². The highest BCUT2D eigenvalue weighted by Gasteiger charge is 2.17. The average molecular weight is 341 g/mol. The van der Waals surface area contributed by atoms with Gasteiger partial charge in [-0.2, -0.15) is 0 Å². The van der Waals surface area contributed by atoms with E-state index in [2.05, 4.69) is 10.6 Å². The molecule has 0 spiro atoms. The van der Waals surface area contributed by atoms with E-state index in [9.17, 15) is 9.59 Å². The Bertz CT molecular complexity index is 719. The minimum Gasteiger partial charge on any atom is -0.468 e. The zero-order chi connectivity index (χ0) is 18.2. The lowest BCUT2D eigenvalue weighted by atomic mass is 10.1. The first kappa shape index (κ1) is 18.5. The molecule has 1 atom stereocenters. The van der Waals surface area contributed by atoms with E-state index in [0.29, 0.717) is 12.1 Å². The predicted octanol–water partition coefficient (Wildman–Crippen LogP) is 2.07. The summed E-state index contributed by atoms with van der Waals surface area (Å²) in [7, 11) is 5.45. The number of carbonyl (C=O) groups excluding carboxylic acids is 2. The largest absolute Gasteiger partial charge is 0.468 e. The molecule has 0 bridgehead atoms. The van der Waals surface area contributed by atoms with Gasteiger partial charge in [-0.25, -0.2) is 0 Å². The molecule has 2 rings (SSSR count). The summed E-state index contributed by atoms with van der Waals surface area (Å²) < 4.78 is 5.41. The van der Waals surface area contributed by atoms with E-state index in [1.54, 1.807) is 43.7 Å². The lowest BCUT2D eigenvalue weighted by Gasteiger charge is -2.22. The number of hydrogen-bond donors (Lipinski definition) is 2. The number of amides is 2. The van der Waals surface area contributed by atoms with Gasteiger partial charge < -0.3 is 15.1 Å². The zero-order valence-electron chi connectivity index (χ0n) is 14.7. The van der Waals surface area contributed by atoms with Crippen molar-refractivity contribution >= 4 is 17.9 Å². The summed E-state index contributed by atoms with van der Waals surface area (Å²) in [5, 5.41) is 5.44. The lowest BCUT2D eigenvalue weighted by molar-refractivity contribution is -0.116. The molecule has 0 aliphatic heterocycles. The Kier molecular flexibility index (Phi) is 6.54. The van der Waals surface area contributed by atoms with Crippen LogP contribution >= 0.6 is 0 Å². The fourth-order valence-electron chi connectivity index (χ4n) is 2.34. The molecule has 0 aliphatic carbocycles. The highest BCUT2D eigenvalue weighted by molar-refractivity contribution is 5.94. The van der Waals surface area contributed by atoms with Crippen LogP contribution in [0.1, 0.15) is 27.7 Å². The molecule has 6 heteroatoms. The van der Waals surface area contributed by atoms with Crippen molar-refractivity contribution in [2.45, 2.75) is 6.04 Å². The molecule has 1 aromatic carbocycles. The van der Waals surface area contributed by atoms with E-state index in [4.69, 9.17) is 4.42 Å². The molecule has 25 heavy (non-hydrogen) atoms. The number of rotatable bonds is 7. The van der Waals surface area contributed by atoms with Gasteiger partial charge in [0.05, 0.1) is 12.3 Å². The van der Waals surface area contributed by atoms with E-state index >= 15 is 0 Å². The minimum atomic E-state index is -0.186. The Morgan fingerprint density at radius 3 is 2.48 bits per heavy atom. The van der Waals surface area contributed by atoms with Crippen LogP contribution in [0.2, 0.25) is 0 Å². The smallest absolute Gasteiger partial charge is 0.251 e. The fourth-order valence-corrected chi connectivity index (χ4v) is 2.34. The highest BCUT2D eigenvalue weighted by Crippen LogP contribution is 2.17. The summed E-state index contributed by atoms with van der Waals surface area (Å²) in [6.45, 7) is 0.444. The van der Waals surface area contributed by atoms with Crippen LogP contribution in [0.4, 0.5) is 0 Å². The van der Waals surface area contributed by atoms with E-state index in [-0.39, 0.29) is 17.9 Å². The molecule has 132 valence electrons. The molecular formula is C19H23N3O3. The Hall–Kier alpha value is -2.86. The Balaban J connectivity index is 1.91. The summed E-state index contributed by atoms with van der Waals surface area (Å²) >= 11 is 0. The number of benzene rings is 1. The van der Waals surface area contributed by atoms with Crippen LogP contribution in [-0.2, 0) is 4.79 Å². The Morgan fingerprint density at radius 2 is 1.92 bits per heavy atom. The third-order valence-corrected chi connectivity index (χ3v) is 3.79. The lowest BCUT2D eigenvalue weighted by Crippen LogP contribution is -2.33. The number of likely N-dealkylation sites (N-methyl/N-ethyl adjacent to an activating group) is 1. The van der Waals surface area contributed by atoms with E-state index < -0.39 is 0 Å². The molecule has 2 amide bonds. The third-order valence-electron chi connectivity index (χ3n) is 3.79. The molecule has 1 aromatic heterocycles. The van der Waals surface area contributed by atoms with Gasteiger partial charge in [0.1, 0.15) is 5.76 Å². The Labute approximate surface area is 147 Å². The van der Waals surface area contributed by atoms with Crippen molar-refractivity contribution in [3.63, 3.8) is 0 Å². The molecule has 2 N–H and O–H groups in total. The van der Waals surface area contributed by atoms with E-state index in [1.807, 2.05) is 31.1 Å². The van der Waals surface area contributed by atoms with Crippen molar-refractivity contribution in [3.05, 3.63) is 65.6 Å². The highest BCUT2D eigenvalue weighted by atomic mass is 16.3. The van der Waals surface area contributed by atoms with Gasteiger partial charge in [-0.1, -0.05) is 12.1 Å². The number of nitrogens with zero attached hydrogens (tertiary/aromatic N) is 1. The Morgan fingerprint density at radius 1 is 1.20 bits per heavy atom. The molecule has 0 fully saturated rings. The van der Waals surface area contributed by atoms with Gasteiger partial charge in [-0.05, 0) is 50.0 Å². The number of furan rings is 1. The van der Waals surface area contributed by atoms with Gasteiger partial charge in [-0.3, -0.25) is 14.5 Å². The molecule has 1 heterocycles. The molecule has 0 saturated heterocycles. The van der Waals surface area contributed by atoms with Gasteiger partial charge in [-0.15, -0.1) is 0 Å². The summed E-state index contributed by atoms with van der Waals surface area (Å²) in [4.78, 5) is 25.5. The van der Waals surface area contributed by atoms with Gasteiger partial charge in [0.2, 0.25) is 5.91 Å². The van der Waals surface area contributed by atoms with Gasteiger partial charge in [0, 0.05) is 25.2 Å². The second-order valence-electron chi connectivity index (χ2n) is 5.77. The van der Waals surface area contributed by atoms with Crippen molar-refractivity contribution in [2.24, 2.45) is 0 Å². The van der Waals surface area contributed by atoms with Crippen LogP contribution in [0.15, 0.2) is 53.2 Å². The monoisotopic (exact) mass is 341 g/mol. The summed E-state index contributed by atoms with van der Waals surface area (Å²) in [5.41, 5.74) is 1.43. The number of nitrogens with one attached hydrogen (secondary N) is 2. The fraction of sp³-hybridized carbons (Fsp3) is 0.263. The second-order valence-corrected chi connectivity index (χ2v) is 5.77. The second kappa shape index (κ2) is 8.84. The maximum Gasteiger partial charge on any atom is 0.251 e. The minimum absolute atomic E-state index is 0.0285. The van der Waals surface area contributed by atoms with E-state index in [1.165, 1.54) is 6.08 Å². The number of carbonyl (C=O) groups is 2. The molecule has 0 unspecified atom stereocenters. The molecule has 2 aromatic rings. The van der Waals surface area contributed by atoms with Crippen LogP contribution in [0.5, 0.6) is 0 Å². The van der Waals surface area contributed by atoms with Gasteiger partial charge in [0.25, 0.3) is 5.91 Å². The third kappa shape index (κ3) is 5.32. The van der Waals surface area contributed by atoms with Crippen molar-refractivity contribution < 1.29 is 14.0 Å². The standard InChI is InChI=1S/C19H23N3O3/c1-20-19(24)15-9-6-14(7-10-15)8-11-18(23)21-13-16(22(2)3)17-5-4-12-25-17/h4-12,16H,13H2,1-3H3,(H,20,24)(H,21,23)/b11-8+/t16-/m1/s1. The quantitative estimate of drug-likeness (QED) is 0.756. The summed E-state index contributed by atoms with van der Waals surface area (Å²) in [5.74, 6) is 0.480. The maximum atomic E-state index is 12.0. The zero-order valence-corrected chi connectivity index (χ0v) is 14.7. The van der Waals surface area contributed by atoms with Gasteiger partial charge in [0.15, 0.2) is 0 Å². The van der Waals surface area contributed by atoms with Crippen LogP contribution in [0, 0.1) is 0 Å². The predicted molar refractivity (Wildman–Crippen MR) is 97.0 cm³/mol. The van der Waals surface area contributed by atoms with Gasteiger partial charge >= 0.3 is 0 Å². The SMILES string of the molecule is CNC(=O)c1ccc(/C=C/C(=O)NC[C@H](c2ccco2)N(C)C)cc1. The van der Waals surface area contributed by atoms with Crippen molar-refractivity contribution in [1.82, 2.24) is 15.5 Å². The van der Waals surface area contributed by atoms with Crippen LogP contribution < -0.4 is 10.6 Å². The van der Waals surface area contributed by atoms with Crippen molar-refractivity contribution in [3.8, 4) is 0 Å². The number of hydrogen-bond acceptors (Lipinski definition) is 4. The molecule has 0 saturated carbocycles. The first-order valence-electron chi connectivity index (χ1n) is 7.99. The topological polar surface area (TPSA) is 74.6 Å². The molecule has 0 aliphatic rings. The van der Waals surface area contributed by atoms with Crippen molar-refractivity contribution in [1.29, 1.82) is 0 Å².